The van der Waals surface area contributed by atoms with Gasteiger partial charge in [-0.05, 0) is 19.8 Å². The first-order chi connectivity index (χ1) is 8.52. The molecule has 1 aromatic rings. The second-order valence-corrected chi connectivity index (χ2v) is 6.01. The summed E-state index contributed by atoms with van der Waals surface area (Å²) in [5, 5.41) is 9.01. The third kappa shape index (κ3) is 2.27. The molecule has 1 saturated carbocycles. The van der Waals surface area contributed by atoms with Crippen molar-refractivity contribution in [1.29, 1.82) is 0 Å². The first kappa shape index (κ1) is 13.1. The molecular formula is C13H17NO3S. The molecule has 3 N–H and O–H groups in total. The monoisotopic (exact) mass is 267 g/mol. The van der Waals surface area contributed by atoms with Gasteiger partial charge in [-0.2, -0.15) is 0 Å². The molecule has 0 atom stereocenters. The Bertz CT molecular complexity index is 487. The molecule has 2 rings (SSSR count). The van der Waals surface area contributed by atoms with Crippen molar-refractivity contribution in [3.05, 3.63) is 15.3 Å². The Kier molecular flexibility index (Phi) is 3.71. The molecule has 0 aromatic carbocycles. The summed E-state index contributed by atoms with van der Waals surface area (Å²) in [5.41, 5.74) is 6.42. The highest BCUT2D eigenvalue weighted by atomic mass is 32.1. The minimum absolute atomic E-state index is 0.0241. The molecule has 5 heteroatoms. The molecule has 4 nitrogen and oxygen atoms in total. The van der Waals surface area contributed by atoms with E-state index in [4.69, 9.17) is 10.8 Å². The number of thiophene rings is 1. The van der Waals surface area contributed by atoms with Crippen LogP contribution in [0.1, 0.15) is 57.0 Å². The number of rotatable bonds is 3. The van der Waals surface area contributed by atoms with Gasteiger partial charge in [0, 0.05) is 10.8 Å². The number of ketones is 1. The minimum atomic E-state index is -1.05. The van der Waals surface area contributed by atoms with Gasteiger partial charge >= 0.3 is 5.97 Å². The largest absolute Gasteiger partial charge is 0.477 e. The molecule has 98 valence electrons. The van der Waals surface area contributed by atoms with Crippen molar-refractivity contribution in [2.24, 2.45) is 5.92 Å². The zero-order valence-corrected chi connectivity index (χ0v) is 11.2. The summed E-state index contributed by atoms with van der Waals surface area (Å²) in [6, 6.07) is 0. The van der Waals surface area contributed by atoms with E-state index in [2.05, 4.69) is 0 Å². The van der Waals surface area contributed by atoms with E-state index < -0.39 is 5.97 Å². The summed E-state index contributed by atoms with van der Waals surface area (Å²) < 4.78 is 0. The summed E-state index contributed by atoms with van der Waals surface area (Å²) in [6.07, 6.45) is 5.13. The number of carbonyl (C=O) groups excluding carboxylic acids is 1. The number of carboxylic acids is 1. The molecule has 0 aliphatic heterocycles. The molecule has 0 radical (unpaired) electrons. The van der Waals surface area contributed by atoms with E-state index >= 15 is 0 Å². The van der Waals surface area contributed by atoms with Crippen LogP contribution < -0.4 is 5.73 Å². The molecule has 1 aromatic heterocycles. The number of aromatic carboxylic acids is 1. The standard InChI is InChI=1S/C13H17NO3S/c1-7-9(10(14)12(18-7)13(16)17)11(15)8-5-3-2-4-6-8/h8H,2-6,14H2,1H3,(H,16,17). The maximum Gasteiger partial charge on any atom is 0.348 e. The summed E-state index contributed by atoms with van der Waals surface area (Å²) >= 11 is 1.10. The molecule has 0 amide bonds. The zero-order chi connectivity index (χ0) is 13.3. The van der Waals surface area contributed by atoms with Crippen LogP contribution in [0.15, 0.2) is 0 Å². The second kappa shape index (κ2) is 5.10. The number of Topliss-reactive ketones (excluding diaryl/α,β-unsaturated/α-hetero) is 1. The maximum atomic E-state index is 12.4. The third-order valence-corrected chi connectivity index (χ3v) is 4.65. The van der Waals surface area contributed by atoms with Crippen LogP contribution in [0.3, 0.4) is 0 Å². The van der Waals surface area contributed by atoms with Gasteiger partial charge in [-0.1, -0.05) is 19.3 Å². The number of carboxylic acid groups (broad SMARTS) is 1. The molecular weight excluding hydrogens is 250 g/mol. The average Bonchev–Trinajstić information content (AvgIpc) is 2.65. The molecule has 1 heterocycles. The van der Waals surface area contributed by atoms with Crippen LogP contribution in [0.2, 0.25) is 0 Å². The lowest BCUT2D eigenvalue weighted by atomic mass is 9.83. The topological polar surface area (TPSA) is 80.4 Å². The maximum absolute atomic E-state index is 12.4. The minimum Gasteiger partial charge on any atom is -0.477 e. The fourth-order valence-electron chi connectivity index (χ4n) is 2.60. The lowest BCUT2D eigenvalue weighted by Crippen LogP contribution is -2.19. The predicted molar refractivity (Wildman–Crippen MR) is 71.3 cm³/mol. The lowest BCUT2D eigenvalue weighted by Gasteiger charge is -2.20. The second-order valence-electron chi connectivity index (χ2n) is 4.78. The quantitative estimate of drug-likeness (QED) is 0.825. The number of carbonyl (C=O) groups is 2. The Morgan fingerprint density at radius 1 is 1.28 bits per heavy atom. The van der Waals surface area contributed by atoms with Crippen molar-refractivity contribution in [2.45, 2.75) is 39.0 Å². The number of aryl methyl sites for hydroxylation is 1. The number of nitrogens with two attached hydrogens (primary N) is 1. The number of hydrogen-bond donors (Lipinski definition) is 2. The van der Waals surface area contributed by atoms with Crippen molar-refractivity contribution in [3.63, 3.8) is 0 Å². The molecule has 0 saturated heterocycles. The fraction of sp³-hybridized carbons (Fsp3) is 0.538. The molecule has 1 fully saturated rings. The van der Waals surface area contributed by atoms with Crippen molar-refractivity contribution in [2.75, 3.05) is 5.73 Å². The van der Waals surface area contributed by atoms with Gasteiger partial charge in [-0.3, -0.25) is 4.79 Å². The van der Waals surface area contributed by atoms with Gasteiger partial charge in [0.2, 0.25) is 0 Å². The summed E-state index contributed by atoms with van der Waals surface area (Å²) in [5.74, 6) is -0.993. The predicted octanol–water partition coefficient (Wildman–Crippen LogP) is 3.10. The average molecular weight is 267 g/mol. The van der Waals surface area contributed by atoms with Gasteiger partial charge in [0.15, 0.2) is 5.78 Å². The Morgan fingerprint density at radius 3 is 2.39 bits per heavy atom. The normalized spacial score (nSPS) is 16.7. The lowest BCUT2D eigenvalue weighted by molar-refractivity contribution is 0.0703. The van der Waals surface area contributed by atoms with Gasteiger partial charge < -0.3 is 10.8 Å². The van der Waals surface area contributed by atoms with Crippen molar-refractivity contribution >= 4 is 28.8 Å². The highest BCUT2D eigenvalue weighted by Gasteiger charge is 2.29. The van der Waals surface area contributed by atoms with Crippen LogP contribution in [-0.4, -0.2) is 16.9 Å². The number of anilines is 1. The molecule has 1 aliphatic rings. The number of hydrogen-bond acceptors (Lipinski definition) is 4. The third-order valence-electron chi connectivity index (χ3n) is 3.54. The van der Waals surface area contributed by atoms with E-state index in [0.29, 0.717) is 5.56 Å². The first-order valence-electron chi connectivity index (χ1n) is 6.18. The highest BCUT2D eigenvalue weighted by molar-refractivity contribution is 7.15. The fourth-order valence-corrected chi connectivity index (χ4v) is 3.51. The highest BCUT2D eigenvalue weighted by Crippen LogP contribution is 2.35. The van der Waals surface area contributed by atoms with Crippen LogP contribution in [0.25, 0.3) is 0 Å². The summed E-state index contributed by atoms with van der Waals surface area (Å²) in [7, 11) is 0. The summed E-state index contributed by atoms with van der Waals surface area (Å²) in [6.45, 7) is 1.77. The SMILES string of the molecule is Cc1sc(C(=O)O)c(N)c1C(=O)C1CCCCC1. The molecule has 0 unspecified atom stereocenters. The Balaban J connectivity index is 2.32. The van der Waals surface area contributed by atoms with Crippen LogP contribution >= 0.6 is 11.3 Å². The Morgan fingerprint density at radius 2 is 1.89 bits per heavy atom. The van der Waals surface area contributed by atoms with Crippen LogP contribution in [0.4, 0.5) is 5.69 Å². The van der Waals surface area contributed by atoms with Gasteiger partial charge in [0.05, 0.1) is 11.3 Å². The smallest absolute Gasteiger partial charge is 0.348 e. The van der Waals surface area contributed by atoms with E-state index in [9.17, 15) is 9.59 Å². The van der Waals surface area contributed by atoms with Crippen LogP contribution in [0.5, 0.6) is 0 Å². The van der Waals surface area contributed by atoms with Crippen LogP contribution in [0, 0.1) is 12.8 Å². The van der Waals surface area contributed by atoms with Crippen molar-refractivity contribution < 1.29 is 14.7 Å². The van der Waals surface area contributed by atoms with Gasteiger partial charge in [-0.25, -0.2) is 4.79 Å². The van der Waals surface area contributed by atoms with Gasteiger partial charge in [-0.15, -0.1) is 11.3 Å². The van der Waals surface area contributed by atoms with E-state index in [1.807, 2.05) is 0 Å². The number of nitrogen functional groups attached to an aromatic ring is 1. The zero-order valence-electron chi connectivity index (χ0n) is 10.4. The molecule has 0 bridgehead atoms. The Hall–Kier alpha value is -1.36. The van der Waals surface area contributed by atoms with E-state index in [-0.39, 0.29) is 22.3 Å². The first-order valence-corrected chi connectivity index (χ1v) is 7.00. The van der Waals surface area contributed by atoms with Crippen LogP contribution in [-0.2, 0) is 0 Å². The van der Waals surface area contributed by atoms with Crippen molar-refractivity contribution in [3.8, 4) is 0 Å². The summed E-state index contributed by atoms with van der Waals surface area (Å²) in [4.78, 5) is 24.2. The van der Waals surface area contributed by atoms with E-state index in [0.717, 1.165) is 41.9 Å². The van der Waals surface area contributed by atoms with E-state index in [1.54, 1.807) is 6.92 Å². The molecule has 1 aliphatic carbocycles. The van der Waals surface area contributed by atoms with Crippen molar-refractivity contribution in [1.82, 2.24) is 0 Å². The molecule has 0 spiro atoms. The van der Waals surface area contributed by atoms with Gasteiger partial charge in [0.1, 0.15) is 4.88 Å². The Labute approximate surface area is 110 Å². The van der Waals surface area contributed by atoms with E-state index in [1.165, 1.54) is 6.42 Å². The van der Waals surface area contributed by atoms with Gasteiger partial charge in [0.25, 0.3) is 0 Å². The molecule has 18 heavy (non-hydrogen) atoms.